The van der Waals surface area contributed by atoms with E-state index in [0.717, 1.165) is 22.4 Å². The molecule has 1 saturated heterocycles. The number of para-hydroxylation sites is 1. The van der Waals surface area contributed by atoms with Gasteiger partial charge in [-0.2, -0.15) is 0 Å². The highest BCUT2D eigenvalue weighted by atomic mass is 32.1. The number of carbonyl (C=O) groups excluding carboxylic acids is 1. The van der Waals surface area contributed by atoms with Crippen LogP contribution in [0.2, 0.25) is 0 Å². The Morgan fingerprint density at radius 1 is 1.09 bits per heavy atom. The Morgan fingerprint density at radius 2 is 1.91 bits per heavy atom. The van der Waals surface area contributed by atoms with Crippen LogP contribution in [0, 0.1) is 6.92 Å². The van der Waals surface area contributed by atoms with Gasteiger partial charge in [-0.1, -0.05) is 24.3 Å². The predicted octanol–water partition coefficient (Wildman–Crippen LogP) is 4.57. The SMILES string of the molecule is COc1ccc(/C=C2/NC(=S)N(c3ccccc3C)C2=O)cc1COc1ccc2c(c1)OCO2. The standard InChI is InChI=1S/C26H22N2O5S/c1-16-5-3-4-6-21(16)28-25(29)20(27-26(28)34)12-17-7-9-22(30-2)18(11-17)14-31-19-8-10-23-24(13-19)33-15-32-23/h3-13H,14-15H2,1-2H3,(H,27,34)/b20-12+. The topological polar surface area (TPSA) is 69.3 Å². The van der Waals surface area contributed by atoms with Crippen molar-refractivity contribution in [2.75, 3.05) is 18.8 Å². The first kappa shape index (κ1) is 21.8. The maximum atomic E-state index is 13.1. The molecule has 1 amide bonds. The average molecular weight is 475 g/mol. The Bertz CT molecular complexity index is 1320. The van der Waals surface area contributed by atoms with Crippen molar-refractivity contribution in [2.24, 2.45) is 0 Å². The van der Waals surface area contributed by atoms with Crippen molar-refractivity contribution in [3.63, 3.8) is 0 Å². The van der Waals surface area contributed by atoms with Crippen molar-refractivity contribution >= 4 is 35.0 Å². The van der Waals surface area contributed by atoms with Gasteiger partial charge in [0.1, 0.15) is 23.8 Å². The fourth-order valence-electron chi connectivity index (χ4n) is 3.86. The van der Waals surface area contributed by atoms with Gasteiger partial charge in [0.05, 0.1) is 12.8 Å². The van der Waals surface area contributed by atoms with Crippen LogP contribution in [-0.4, -0.2) is 24.9 Å². The maximum absolute atomic E-state index is 13.1. The zero-order valence-corrected chi connectivity index (χ0v) is 19.5. The molecule has 0 saturated carbocycles. The third-order valence-corrected chi connectivity index (χ3v) is 5.87. The normalized spacial score (nSPS) is 15.6. The third kappa shape index (κ3) is 4.15. The molecule has 0 aromatic heterocycles. The second-order valence-corrected chi connectivity index (χ2v) is 8.18. The van der Waals surface area contributed by atoms with E-state index in [2.05, 4.69) is 5.32 Å². The summed E-state index contributed by atoms with van der Waals surface area (Å²) in [6.07, 6.45) is 1.77. The highest BCUT2D eigenvalue weighted by Gasteiger charge is 2.32. The number of amides is 1. The smallest absolute Gasteiger partial charge is 0.281 e. The number of hydrogen-bond donors (Lipinski definition) is 1. The second kappa shape index (κ2) is 9.07. The van der Waals surface area contributed by atoms with E-state index in [1.165, 1.54) is 4.90 Å². The summed E-state index contributed by atoms with van der Waals surface area (Å²) in [4.78, 5) is 14.6. The van der Waals surface area contributed by atoms with Crippen LogP contribution >= 0.6 is 12.2 Å². The fourth-order valence-corrected chi connectivity index (χ4v) is 4.15. The number of rotatable bonds is 6. The van der Waals surface area contributed by atoms with E-state index in [1.54, 1.807) is 19.3 Å². The van der Waals surface area contributed by atoms with Crippen molar-refractivity contribution < 1.29 is 23.7 Å². The lowest BCUT2D eigenvalue weighted by Crippen LogP contribution is -2.30. The minimum Gasteiger partial charge on any atom is -0.496 e. The summed E-state index contributed by atoms with van der Waals surface area (Å²) in [5.41, 5.74) is 3.78. The molecule has 8 heteroatoms. The van der Waals surface area contributed by atoms with E-state index in [0.29, 0.717) is 33.8 Å². The lowest BCUT2D eigenvalue weighted by atomic mass is 10.1. The first-order valence-corrected chi connectivity index (χ1v) is 11.1. The van der Waals surface area contributed by atoms with Crippen LogP contribution in [0.4, 0.5) is 5.69 Å². The molecular formula is C26H22N2O5S. The quantitative estimate of drug-likeness (QED) is 0.415. The number of nitrogens with one attached hydrogen (secondary N) is 1. The van der Waals surface area contributed by atoms with Crippen LogP contribution in [0.25, 0.3) is 6.08 Å². The Hall–Kier alpha value is -4.04. The lowest BCUT2D eigenvalue weighted by molar-refractivity contribution is -0.113. The van der Waals surface area contributed by atoms with Crippen LogP contribution in [-0.2, 0) is 11.4 Å². The van der Waals surface area contributed by atoms with Crippen molar-refractivity contribution in [2.45, 2.75) is 13.5 Å². The Kier molecular flexibility index (Phi) is 5.81. The summed E-state index contributed by atoms with van der Waals surface area (Å²) < 4.78 is 22.2. The molecule has 1 N–H and O–H groups in total. The van der Waals surface area contributed by atoms with E-state index >= 15 is 0 Å². The molecule has 2 aliphatic heterocycles. The van der Waals surface area contributed by atoms with Gasteiger partial charge < -0.3 is 24.3 Å². The van der Waals surface area contributed by atoms with Crippen molar-refractivity contribution in [1.29, 1.82) is 0 Å². The predicted molar refractivity (Wildman–Crippen MR) is 132 cm³/mol. The summed E-state index contributed by atoms with van der Waals surface area (Å²) in [6.45, 7) is 2.43. The summed E-state index contributed by atoms with van der Waals surface area (Å²) >= 11 is 5.44. The maximum Gasteiger partial charge on any atom is 0.281 e. The number of nitrogens with zero attached hydrogens (tertiary/aromatic N) is 1. The zero-order chi connectivity index (χ0) is 23.7. The van der Waals surface area contributed by atoms with Crippen LogP contribution in [0.3, 0.4) is 0 Å². The van der Waals surface area contributed by atoms with Crippen molar-refractivity contribution in [3.8, 4) is 23.0 Å². The monoisotopic (exact) mass is 474 g/mol. The highest BCUT2D eigenvalue weighted by molar-refractivity contribution is 7.80. The average Bonchev–Trinajstić information content (AvgIpc) is 3.42. The van der Waals surface area contributed by atoms with Gasteiger partial charge in [-0.05, 0) is 66.7 Å². The zero-order valence-electron chi connectivity index (χ0n) is 18.7. The number of methoxy groups -OCH3 is 1. The van der Waals surface area contributed by atoms with Gasteiger partial charge in [0.25, 0.3) is 5.91 Å². The van der Waals surface area contributed by atoms with Gasteiger partial charge in [0.15, 0.2) is 16.6 Å². The lowest BCUT2D eigenvalue weighted by Gasteiger charge is -2.16. The summed E-state index contributed by atoms with van der Waals surface area (Å²) in [5, 5.41) is 3.39. The van der Waals surface area contributed by atoms with Crippen molar-refractivity contribution in [1.82, 2.24) is 5.32 Å². The molecule has 0 radical (unpaired) electrons. The molecule has 0 spiro atoms. The van der Waals surface area contributed by atoms with E-state index in [-0.39, 0.29) is 19.3 Å². The third-order valence-electron chi connectivity index (χ3n) is 5.59. The summed E-state index contributed by atoms with van der Waals surface area (Å²) in [6, 6.07) is 18.7. The Balaban J connectivity index is 1.37. The molecule has 34 heavy (non-hydrogen) atoms. The highest BCUT2D eigenvalue weighted by Crippen LogP contribution is 2.35. The molecule has 3 aromatic rings. The number of benzene rings is 3. The van der Waals surface area contributed by atoms with Crippen LogP contribution in [0.5, 0.6) is 23.0 Å². The van der Waals surface area contributed by atoms with Gasteiger partial charge >= 0.3 is 0 Å². The minimum atomic E-state index is -0.201. The molecule has 5 rings (SSSR count). The van der Waals surface area contributed by atoms with Crippen LogP contribution < -0.4 is 29.2 Å². The molecule has 172 valence electrons. The number of aryl methyl sites for hydroxylation is 1. The molecule has 1 fully saturated rings. The van der Waals surface area contributed by atoms with Gasteiger partial charge in [-0.15, -0.1) is 0 Å². The van der Waals surface area contributed by atoms with Gasteiger partial charge in [-0.3, -0.25) is 9.69 Å². The molecule has 0 bridgehead atoms. The molecular weight excluding hydrogens is 452 g/mol. The molecule has 7 nitrogen and oxygen atoms in total. The molecule has 0 aliphatic carbocycles. The molecule has 3 aromatic carbocycles. The second-order valence-electron chi connectivity index (χ2n) is 7.79. The first-order chi connectivity index (χ1) is 16.5. The fraction of sp³-hybridized carbons (Fsp3) is 0.154. The molecule has 2 aliphatic rings. The number of anilines is 1. The van der Waals surface area contributed by atoms with E-state index in [1.807, 2.05) is 61.5 Å². The molecule has 0 unspecified atom stereocenters. The number of thiocarbonyl (C=S) groups is 1. The van der Waals surface area contributed by atoms with Gasteiger partial charge in [0, 0.05) is 11.6 Å². The van der Waals surface area contributed by atoms with Gasteiger partial charge in [-0.25, -0.2) is 0 Å². The largest absolute Gasteiger partial charge is 0.496 e. The van der Waals surface area contributed by atoms with E-state index < -0.39 is 0 Å². The number of hydrogen-bond acceptors (Lipinski definition) is 6. The summed E-state index contributed by atoms with van der Waals surface area (Å²) in [7, 11) is 1.61. The Morgan fingerprint density at radius 3 is 2.74 bits per heavy atom. The molecule has 2 heterocycles. The molecule has 0 atom stereocenters. The number of ether oxygens (including phenoxy) is 4. The van der Waals surface area contributed by atoms with Crippen LogP contribution in [0.1, 0.15) is 16.7 Å². The van der Waals surface area contributed by atoms with Crippen molar-refractivity contribution in [3.05, 3.63) is 83.1 Å². The van der Waals surface area contributed by atoms with E-state index in [9.17, 15) is 4.79 Å². The minimum absolute atomic E-state index is 0.201. The van der Waals surface area contributed by atoms with E-state index in [4.69, 9.17) is 31.2 Å². The van der Waals surface area contributed by atoms with Crippen LogP contribution in [0.15, 0.2) is 66.4 Å². The van der Waals surface area contributed by atoms with Gasteiger partial charge in [0.2, 0.25) is 6.79 Å². The summed E-state index contributed by atoms with van der Waals surface area (Å²) in [5.74, 6) is 2.49. The Labute approximate surface area is 202 Å². The number of carbonyl (C=O) groups is 1. The first-order valence-electron chi connectivity index (χ1n) is 10.7. The number of fused-ring (bicyclic) bond motifs is 1.